The molecule has 0 heterocycles. The van der Waals surface area contributed by atoms with Gasteiger partial charge in [0.15, 0.2) is 0 Å². The topological polar surface area (TPSA) is 116 Å². The first-order valence-electron chi connectivity index (χ1n) is 8.58. The number of unbranched alkanes of at least 4 members (excludes halogenated alkanes) is 3. The van der Waals surface area contributed by atoms with E-state index in [1.165, 1.54) is 4.90 Å². The fourth-order valence-corrected chi connectivity index (χ4v) is 2.38. The van der Waals surface area contributed by atoms with Gasteiger partial charge in [-0.3, -0.25) is 14.5 Å². The fourth-order valence-electron chi connectivity index (χ4n) is 2.38. The van der Waals surface area contributed by atoms with E-state index in [1.54, 1.807) is 0 Å². The summed E-state index contributed by atoms with van der Waals surface area (Å²) in [6.45, 7) is 0.602. The zero-order valence-corrected chi connectivity index (χ0v) is 14.7. The zero-order valence-electron chi connectivity index (χ0n) is 14.7. The van der Waals surface area contributed by atoms with Crippen molar-refractivity contribution in [3.63, 3.8) is 0 Å². The quantitative estimate of drug-likeness (QED) is 0.457. The highest BCUT2D eigenvalue weighted by molar-refractivity contribution is 5.72. The summed E-state index contributed by atoms with van der Waals surface area (Å²) >= 11 is 0. The second-order valence-corrected chi connectivity index (χ2v) is 5.90. The van der Waals surface area contributed by atoms with Crippen LogP contribution in [-0.2, 0) is 20.9 Å². The summed E-state index contributed by atoms with van der Waals surface area (Å²) in [6.07, 6.45) is 2.71. The maximum absolute atomic E-state index is 11.5. The Balaban J connectivity index is 2.04. The van der Waals surface area contributed by atoms with Gasteiger partial charge in [0.25, 0.3) is 0 Å². The number of hydrogen-bond donors (Lipinski definition) is 3. The Morgan fingerprint density at radius 3 is 2.15 bits per heavy atom. The lowest BCUT2D eigenvalue weighted by Crippen LogP contribution is -2.35. The minimum Gasteiger partial charge on any atom is -0.480 e. The average molecular weight is 366 g/mol. The Labute approximate surface area is 152 Å². The van der Waals surface area contributed by atoms with Gasteiger partial charge in [0.2, 0.25) is 0 Å². The van der Waals surface area contributed by atoms with Crippen molar-refractivity contribution in [3.8, 4) is 0 Å². The third-order valence-electron chi connectivity index (χ3n) is 3.60. The normalized spacial score (nSPS) is 10.5. The molecule has 1 aromatic rings. The lowest BCUT2D eigenvalue weighted by molar-refractivity contribution is -0.141. The minimum absolute atomic E-state index is 0.232. The highest BCUT2D eigenvalue weighted by Crippen LogP contribution is 2.03. The van der Waals surface area contributed by atoms with E-state index < -0.39 is 18.0 Å². The molecule has 3 N–H and O–H groups in total. The van der Waals surface area contributed by atoms with Crippen LogP contribution in [0.2, 0.25) is 0 Å². The zero-order chi connectivity index (χ0) is 19.2. The number of carbonyl (C=O) groups excluding carboxylic acids is 1. The lowest BCUT2D eigenvalue weighted by Gasteiger charge is -2.17. The number of nitrogens with zero attached hydrogens (tertiary/aromatic N) is 1. The maximum Gasteiger partial charge on any atom is 0.407 e. The second-order valence-electron chi connectivity index (χ2n) is 5.90. The van der Waals surface area contributed by atoms with Crippen LogP contribution in [0.1, 0.15) is 31.2 Å². The molecular formula is C18H26N2O6. The summed E-state index contributed by atoms with van der Waals surface area (Å²) in [4.78, 5) is 34.3. The van der Waals surface area contributed by atoms with Gasteiger partial charge in [0.05, 0.1) is 13.1 Å². The van der Waals surface area contributed by atoms with Crippen molar-refractivity contribution in [2.75, 3.05) is 26.2 Å². The molecule has 1 aromatic carbocycles. The Morgan fingerprint density at radius 2 is 1.54 bits per heavy atom. The highest BCUT2D eigenvalue weighted by atomic mass is 16.5. The summed E-state index contributed by atoms with van der Waals surface area (Å²) < 4.78 is 5.09. The number of carbonyl (C=O) groups is 3. The molecule has 0 unspecified atom stereocenters. The smallest absolute Gasteiger partial charge is 0.407 e. The lowest BCUT2D eigenvalue weighted by atomic mass is 10.2. The highest BCUT2D eigenvalue weighted by Gasteiger charge is 2.12. The van der Waals surface area contributed by atoms with Gasteiger partial charge in [0, 0.05) is 6.54 Å². The molecule has 0 radical (unpaired) electrons. The number of nitrogens with one attached hydrogen (secondary N) is 1. The molecule has 0 aliphatic rings. The van der Waals surface area contributed by atoms with Crippen LogP contribution >= 0.6 is 0 Å². The van der Waals surface area contributed by atoms with Crippen molar-refractivity contribution in [1.82, 2.24) is 10.2 Å². The maximum atomic E-state index is 11.5. The van der Waals surface area contributed by atoms with Gasteiger partial charge in [-0.25, -0.2) is 4.79 Å². The standard InChI is InChI=1S/C18H26N2O6/c21-16(22)12-20(13-17(23)24)11-7-2-1-6-10-19-18(25)26-14-15-8-4-3-5-9-15/h3-5,8-9H,1-2,6-7,10-14H2,(H,19,25)(H,21,22)(H,23,24). The molecule has 1 amide bonds. The fraction of sp³-hybridized carbons (Fsp3) is 0.500. The van der Waals surface area contributed by atoms with Gasteiger partial charge >= 0.3 is 18.0 Å². The molecule has 0 saturated carbocycles. The van der Waals surface area contributed by atoms with Gasteiger partial charge in [-0.2, -0.15) is 0 Å². The monoisotopic (exact) mass is 366 g/mol. The van der Waals surface area contributed by atoms with Crippen molar-refractivity contribution in [2.24, 2.45) is 0 Å². The van der Waals surface area contributed by atoms with E-state index in [9.17, 15) is 14.4 Å². The van der Waals surface area contributed by atoms with Crippen molar-refractivity contribution >= 4 is 18.0 Å². The minimum atomic E-state index is -1.04. The van der Waals surface area contributed by atoms with Gasteiger partial charge in [-0.15, -0.1) is 0 Å². The summed E-state index contributed by atoms with van der Waals surface area (Å²) in [5, 5.41) is 20.2. The Hall–Kier alpha value is -2.61. The van der Waals surface area contributed by atoms with Crippen molar-refractivity contribution < 1.29 is 29.3 Å². The van der Waals surface area contributed by atoms with E-state index in [2.05, 4.69) is 5.32 Å². The van der Waals surface area contributed by atoms with Crippen LogP contribution in [0.5, 0.6) is 0 Å². The van der Waals surface area contributed by atoms with Gasteiger partial charge in [-0.05, 0) is 24.9 Å². The first-order chi connectivity index (χ1) is 12.5. The third-order valence-corrected chi connectivity index (χ3v) is 3.60. The van der Waals surface area contributed by atoms with E-state index in [1.807, 2.05) is 30.3 Å². The predicted molar refractivity (Wildman–Crippen MR) is 94.8 cm³/mol. The van der Waals surface area contributed by atoms with Crippen LogP contribution in [0.4, 0.5) is 4.79 Å². The van der Waals surface area contributed by atoms with Gasteiger partial charge < -0.3 is 20.3 Å². The van der Waals surface area contributed by atoms with Crippen molar-refractivity contribution in [2.45, 2.75) is 32.3 Å². The molecular weight excluding hydrogens is 340 g/mol. The molecule has 0 atom stereocenters. The van der Waals surface area contributed by atoms with Crippen LogP contribution in [-0.4, -0.2) is 59.3 Å². The van der Waals surface area contributed by atoms with E-state index in [4.69, 9.17) is 14.9 Å². The number of benzene rings is 1. The molecule has 0 bridgehead atoms. The average Bonchev–Trinajstić information content (AvgIpc) is 2.59. The number of amides is 1. The Morgan fingerprint density at radius 1 is 0.923 bits per heavy atom. The summed E-state index contributed by atoms with van der Waals surface area (Å²) in [7, 11) is 0. The molecule has 8 nitrogen and oxygen atoms in total. The van der Waals surface area contributed by atoms with Crippen molar-refractivity contribution in [3.05, 3.63) is 35.9 Å². The van der Waals surface area contributed by atoms with Crippen LogP contribution in [0.15, 0.2) is 30.3 Å². The van der Waals surface area contributed by atoms with E-state index >= 15 is 0 Å². The molecule has 8 heteroatoms. The SMILES string of the molecule is O=C(O)CN(CCCCCCNC(=O)OCc1ccccc1)CC(=O)O. The molecule has 26 heavy (non-hydrogen) atoms. The number of carboxylic acids is 2. The third kappa shape index (κ3) is 11.0. The molecule has 0 saturated heterocycles. The molecule has 0 aliphatic carbocycles. The number of alkyl carbamates (subject to hydrolysis) is 1. The number of aliphatic carboxylic acids is 2. The van der Waals surface area contributed by atoms with Gasteiger partial charge in [-0.1, -0.05) is 43.2 Å². The number of rotatable bonds is 13. The molecule has 0 aromatic heterocycles. The predicted octanol–water partition coefficient (Wildman–Crippen LogP) is 1.94. The molecule has 0 fully saturated rings. The molecule has 0 spiro atoms. The summed E-state index contributed by atoms with van der Waals surface area (Å²) in [6, 6.07) is 9.41. The van der Waals surface area contributed by atoms with Gasteiger partial charge in [0.1, 0.15) is 6.61 Å². The number of carboxylic acid groups (broad SMARTS) is 2. The first kappa shape index (κ1) is 21.4. The second kappa shape index (κ2) is 12.7. The van der Waals surface area contributed by atoms with Crippen molar-refractivity contribution in [1.29, 1.82) is 0 Å². The van der Waals surface area contributed by atoms with Crippen LogP contribution in [0.3, 0.4) is 0 Å². The molecule has 0 aliphatic heterocycles. The number of ether oxygens (including phenoxy) is 1. The summed E-state index contributed by atoms with van der Waals surface area (Å²) in [5.74, 6) is -2.08. The number of hydrogen-bond acceptors (Lipinski definition) is 5. The van der Waals surface area contributed by atoms with E-state index in [0.29, 0.717) is 19.5 Å². The summed E-state index contributed by atoms with van der Waals surface area (Å²) in [5.41, 5.74) is 0.926. The van der Waals surface area contributed by atoms with Crippen LogP contribution in [0, 0.1) is 0 Å². The Kier molecular flexibility index (Phi) is 10.5. The first-order valence-corrected chi connectivity index (χ1v) is 8.58. The van der Waals surface area contributed by atoms with Crippen LogP contribution < -0.4 is 5.32 Å². The van der Waals surface area contributed by atoms with Crippen LogP contribution in [0.25, 0.3) is 0 Å². The molecule has 144 valence electrons. The largest absolute Gasteiger partial charge is 0.480 e. The Bertz CT molecular complexity index is 548. The van der Waals surface area contributed by atoms with E-state index in [-0.39, 0.29) is 19.7 Å². The molecule has 1 rings (SSSR count). The van der Waals surface area contributed by atoms with E-state index in [0.717, 1.165) is 24.8 Å².